The Morgan fingerprint density at radius 3 is 2.35 bits per heavy atom. The molecule has 0 bridgehead atoms. The number of carbonyl (C=O) groups excluding carboxylic acids is 2. The van der Waals surface area contributed by atoms with Gasteiger partial charge in [0.15, 0.2) is 18.1 Å². The fourth-order valence-electron chi connectivity index (χ4n) is 4.97. The summed E-state index contributed by atoms with van der Waals surface area (Å²) in [7, 11) is -4.06. The van der Waals surface area contributed by atoms with Gasteiger partial charge in [0.05, 0.1) is 30.3 Å². The maximum Gasteiger partial charge on any atom is 0.407 e. The molecule has 2 aromatic rings. The predicted octanol–water partition coefficient (Wildman–Crippen LogP) is 2.80. The van der Waals surface area contributed by atoms with Crippen LogP contribution in [0, 0.1) is 5.92 Å². The van der Waals surface area contributed by atoms with Crippen LogP contribution < -0.4 is 19.5 Å². The van der Waals surface area contributed by atoms with E-state index < -0.39 is 33.9 Å². The van der Waals surface area contributed by atoms with E-state index in [0.717, 1.165) is 5.56 Å². The summed E-state index contributed by atoms with van der Waals surface area (Å²) in [5, 5.41) is 14.2. The van der Waals surface area contributed by atoms with Crippen LogP contribution in [0.15, 0.2) is 47.4 Å². The van der Waals surface area contributed by atoms with E-state index in [-0.39, 0.29) is 49.6 Å². The molecule has 46 heavy (non-hydrogen) atoms. The topological polar surface area (TPSA) is 153 Å². The Bertz CT molecular complexity index is 1440. The summed E-state index contributed by atoms with van der Waals surface area (Å²) in [5.41, 5.74) is -0.0511. The monoisotopic (exact) mass is 663 g/mol. The van der Waals surface area contributed by atoms with Crippen LogP contribution in [0.5, 0.6) is 17.2 Å². The Hall–Kier alpha value is -3.59. The molecule has 0 radical (unpaired) electrons. The molecule has 254 valence electrons. The molecule has 0 spiro atoms. The van der Waals surface area contributed by atoms with Crippen molar-refractivity contribution in [1.29, 1.82) is 0 Å². The number of aliphatic hydroxyl groups is 1. The van der Waals surface area contributed by atoms with Crippen LogP contribution in [0.2, 0.25) is 0 Å². The van der Waals surface area contributed by atoms with Crippen LogP contribution in [0.3, 0.4) is 0 Å². The first-order chi connectivity index (χ1) is 21.7. The van der Waals surface area contributed by atoms with Crippen molar-refractivity contribution in [2.24, 2.45) is 5.92 Å². The number of fused-ring (bicyclic) bond motifs is 1. The summed E-state index contributed by atoms with van der Waals surface area (Å²) >= 11 is 0. The number of hydrogen-bond donors (Lipinski definition) is 2. The van der Waals surface area contributed by atoms with Gasteiger partial charge >= 0.3 is 6.09 Å². The quantitative estimate of drug-likeness (QED) is 0.327. The van der Waals surface area contributed by atoms with Crippen molar-refractivity contribution in [3.05, 3.63) is 48.0 Å². The molecule has 2 aliphatic rings. The second kappa shape index (κ2) is 15.3. The van der Waals surface area contributed by atoms with E-state index >= 15 is 0 Å². The molecule has 0 unspecified atom stereocenters. The molecule has 2 N–H and O–H groups in total. The Kier molecular flexibility index (Phi) is 11.8. The van der Waals surface area contributed by atoms with E-state index in [0.29, 0.717) is 43.6 Å². The van der Waals surface area contributed by atoms with Crippen molar-refractivity contribution in [3.8, 4) is 17.2 Å². The number of nitrogens with one attached hydrogen (secondary N) is 1. The highest BCUT2D eigenvalue weighted by molar-refractivity contribution is 7.89. The molecule has 2 aromatic carbocycles. The number of ether oxygens (including phenoxy) is 5. The minimum atomic E-state index is -4.06. The highest BCUT2D eigenvalue weighted by atomic mass is 32.2. The summed E-state index contributed by atoms with van der Waals surface area (Å²) in [4.78, 5) is 27.0. The Balaban J connectivity index is 1.49. The number of alkyl carbamates (subject to hydrolysis) is 1. The van der Waals surface area contributed by atoms with Crippen LogP contribution in [0.25, 0.3) is 0 Å². The molecule has 13 nitrogen and oxygen atoms in total. The third-order valence-corrected chi connectivity index (χ3v) is 9.04. The molecule has 0 aromatic heterocycles. The van der Waals surface area contributed by atoms with Gasteiger partial charge in [0.1, 0.15) is 11.4 Å². The van der Waals surface area contributed by atoms with E-state index in [4.69, 9.17) is 23.7 Å². The van der Waals surface area contributed by atoms with Crippen LogP contribution in [-0.2, 0) is 30.7 Å². The number of nitrogens with zero attached hydrogens (tertiary/aromatic N) is 2. The van der Waals surface area contributed by atoms with Gasteiger partial charge in [0.25, 0.3) is 5.91 Å². The second-order valence-corrected chi connectivity index (χ2v) is 14.6. The van der Waals surface area contributed by atoms with Crippen molar-refractivity contribution >= 4 is 22.0 Å². The first kappa shape index (κ1) is 35.3. The zero-order chi connectivity index (χ0) is 33.5. The number of morpholine rings is 1. The zero-order valence-electron chi connectivity index (χ0n) is 27.1. The number of hydrogen-bond acceptors (Lipinski definition) is 10. The van der Waals surface area contributed by atoms with Crippen molar-refractivity contribution in [3.63, 3.8) is 0 Å². The molecule has 0 aliphatic carbocycles. The van der Waals surface area contributed by atoms with Crippen LogP contribution in [0.1, 0.15) is 40.2 Å². The predicted molar refractivity (Wildman–Crippen MR) is 168 cm³/mol. The number of amides is 2. The number of sulfonamides is 1. The molecular weight excluding hydrogens is 618 g/mol. The van der Waals surface area contributed by atoms with Gasteiger partial charge in [0, 0.05) is 32.2 Å². The summed E-state index contributed by atoms with van der Waals surface area (Å²) in [6.45, 7) is 10.7. The molecule has 0 saturated carbocycles. The van der Waals surface area contributed by atoms with E-state index in [2.05, 4.69) is 5.32 Å². The van der Waals surface area contributed by atoms with Crippen LogP contribution in [0.4, 0.5) is 4.79 Å². The Morgan fingerprint density at radius 2 is 1.70 bits per heavy atom. The van der Waals surface area contributed by atoms with Gasteiger partial charge in [-0.2, -0.15) is 4.31 Å². The molecule has 2 aliphatic heterocycles. The summed E-state index contributed by atoms with van der Waals surface area (Å²) in [5.74, 6) is 1.08. The van der Waals surface area contributed by atoms with Gasteiger partial charge in [-0.1, -0.05) is 26.0 Å². The highest BCUT2D eigenvalue weighted by Crippen LogP contribution is 2.35. The molecule has 1 fully saturated rings. The fraction of sp³-hybridized carbons (Fsp3) is 0.562. The van der Waals surface area contributed by atoms with E-state index in [1.54, 1.807) is 49.9 Å². The van der Waals surface area contributed by atoms with Crippen LogP contribution >= 0.6 is 0 Å². The lowest BCUT2D eigenvalue weighted by Crippen LogP contribution is -2.51. The average Bonchev–Trinajstić information content (AvgIpc) is 3.47. The van der Waals surface area contributed by atoms with Crippen molar-refractivity contribution in [2.75, 3.05) is 52.8 Å². The maximum absolute atomic E-state index is 13.8. The van der Waals surface area contributed by atoms with Crippen molar-refractivity contribution in [2.45, 2.75) is 63.7 Å². The van der Waals surface area contributed by atoms with Crippen molar-refractivity contribution in [1.82, 2.24) is 14.5 Å². The minimum Gasteiger partial charge on any atom is -0.484 e. The molecule has 2 heterocycles. The fourth-order valence-corrected chi connectivity index (χ4v) is 6.60. The largest absolute Gasteiger partial charge is 0.484 e. The number of benzene rings is 2. The number of aliphatic hydroxyl groups excluding tert-OH is 1. The van der Waals surface area contributed by atoms with Gasteiger partial charge < -0.3 is 39.0 Å². The summed E-state index contributed by atoms with van der Waals surface area (Å²) in [6.07, 6.45) is -1.89. The van der Waals surface area contributed by atoms with Gasteiger partial charge in [-0.25, -0.2) is 13.2 Å². The van der Waals surface area contributed by atoms with Gasteiger partial charge in [-0.3, -0.25) is 4.79 Å². The zero-order valence-corrected chi connectivity index (χ0v) is 27.9. The SMILES string of the molecule is CC(C)CN(C[C@@H](O)[C@H](Cc1ccc(OCC(=O)N2CCOCC2)cc1)NC(=O)OC(C)(C)C)S(=O)(=O)c1ccc2c(c1)OCO2. The third-order valence-electron chi connectivity index (χ3n) is 7.21. The standard InChI is InChI=1S/C32H45N3O10S/c1-22(2)18-35(46(39,40)25-10-11-28-29(17-25)44-21-43-28)19-27(36)26(33-31(38)45-32(3,4)5)16-23-6-8-24(9-7-23)42-20-30(37)34-12-14-41-15-13-34/h6-11,17,22,26-27,36H,12-16,18-21H2,1-5H3,(H,33,38)/t26-,27+/m0/s1. The molecule has 2 amide bonds. The normalized spacial score (nSPS) is 16.3. The van der Waals surface area contributed by atoms with Gasteiger partial charge in [-0.15, -0.1) is 0 Å². The second-order valence-electron chi connectivity index (χ2n) is 12.7. The van der Waals surface area contributed by atoms with Gasteiger partial charge in [-0.05, 0) is 62.9 Å². The molecule has 4 rings (SSSR count). The Labute approximate surface area is 270 Å². The molecule has 1 saturated heterocycles. The van der Waals surface area contributed by atoms with E-state index in [1.165, 1.54) is 22.5 Å². The van der Waals surface area contributed by atoms with E-state index in [1.807, 2.05) is 13.8 Å². The van der Waals surface area contributed by atoms with Crippen molar-refractivity contribution < 1.29 is 46.8 Å². The first-order valence-electron chi connectivity index (χ1n) is 15.4. The smallest absolute Gasteiger partial charge is 0.407 e. The number of carbonyl (C=O) groups is 2. The number of rotatable bonds is 13. The molecule has 2 atom stereocenters. The van der Waals surface area contributed by atoms with E-state index in [9.17, 15) is 23.1 Å². The van der Waals surface area contributed by atoms with Gasteiger partial charge in [0.2, 0.25) is 16.8 Å². The average molecular weight is 664 g/mol. The lowest BCUT2D eigenvalue weighted by Gasteiger charge is -2.31. The summed E-state index contributed by atoms with van der Waals surface area (Å²) in [6, 6.07) is 10.4. The highest BCUT2D eigenvalue weighted by Gasteiger charge is 2.33. The minimum absolute atomic E-state index is 0.00365. The lowest BCUT2D eigenvalue weighted by molar-refractivity contribution is -0.137. The first-order valence-corrected chi connectivity index (χ1v) is 16.8. The third kappa shape index (κ3) is 9.95. The van der Waals surface area contributed by atoms with Crippen LogP contribution in [-0.4, -0.2) is 105 Å². The Morgan fingerprint density at radius 1 is 1.02 bits per heavy atom. The lowest BCUT2D eigenvalue weighted by atomic mass is 10.0. The maximum atomic E-state index is 13.8. The molecule has 14 heteroatoms. The summed E-state index contributed by atoms with van der Waals surface area (Å²) < 4.78 is 55.9. The molecular formula is C32H45N3O10S.